The molecule has 1 saturated heterocycles. The molecule has 1 amide bonds. The van der Waals surface area contributed by atoms with Gasteiger partial charge in [-0.1, -0.05) is 17.7 Å². The highest BCUT2D eigenvalue weighted by atomic mass is 35.5. The second kappa shape index (κ2) is 9.75. The van der Waals surface area contributed by atoms with Crippen molar-refractivity contribution >= 4 is 27.5 Å². The number of hydrogen-bond acceptors (Lipinski definition) is 5. The maximum atomic E-state index is 14.8. The average Bonchev–Trinajstić information content (AvgIpc) is 3.56. The molecule has 1 N–H and O–H groups in total. The molecule has 2 fully saturated rings. The van der Waals surface area contributed by atoms with Crippen molar-refractivity contribution in [3.05, 3.63) is 63.7 Å². The smallest absolute Gasteiger partial charge is 0.267 e. The minimum atomic E-state index is -3.87. The van der Waals surface area contributed by atoms with Gasteiger partial charge in [-0.15, -0.1) is 0 Å². The molecule has 1 aliphatic carbocycles. The third-order valence-corrected chi connectivity index (χ3v) is 6.80. The van der Waals surface area contributed by atoms with Gasteiger partial charge in [-0.3, -0.25) is 9.69 Å². The van der Waals surface area contributed by atoms with Gasteiger partial charge < -0.3 is 4.74 Å². The first-order chi connectivity index (χ1) is 16.0. The summed E-state index contributed by atoms with van der Waals surface area (Å²) >= 11 is 6.12. The Morgan fingerprint density at radius 3 is 2.59 bits per heavy atom. The number of rotatable bonds is 7. The summed E-state index contributed by atoms with van der Waals surface area (Å²) in [5.74, 6) is -2.30. The Labute approximate surface area is 201 Å². The number of piperidine rings is 1. The van der Waals surface area contributed by atoms with Crippen LogP contribution in [0.25, 0.3) is 0 Å². The number of halogens is 4. The van der Waals surface area contributed by atoms with Gasteiger partial charge in [0, 0.05) is 30.7 Å². The minimum Gasteiger partial charge on any atom is -0.486 e. The Balaban J connectivity index is 1.53. The largest absolute Gasteiger partial charge is 0.486 e. The number of carbonyl (C=O) groups is 1. The van der Waals surface area contributed by atoms with E-state index in [-0.39, 0.29) is 29.7 Å². The molecular formula is C23H24ClF3N2O4S. The van der Waals surface area contributed by atoms with Crippen LogP contribution in [0.3, 0.4) is 0 Å². The third-order valence-electron chi connectivity index (χ3n) is 5.89. The van der Waals surface area contributed by atoms with Crippen molar-refractivity contribution in [2.24, 2.45) is 0 Å². The molecule has 2 aromatic carbocycles. The summed E-state index contributed by atoms with van der Waals surface area (Å²) in [4.78, 5) is 14.2. The predicted octanol–water partition coefficient (Wildman–Crippen LogP) is 4.18. The fourth-order valence-electron chi connectivity index (χ4n) is 4.05. The SMILES string of the molecule is CS(=O)(=O)NC(=O)c1cc(C2CC2)c(O[C@@H]2CN(Cc3ccc(F)cc3Cl)CC[C@H]2F)cc1F. The molecule has 0 radical (unpaired) electrons. The number of amides is 1. The van der Waals surface area contributed by atoms with Crippen molar-refractivity contribution in [3.8, 4) is 5.75 Å². The first kappa shape index (κ1) is 24.8. The second-order valence-corrected chi connectivity index (χ2v) is 10.9. The first-order valence-electron chi connectivity index (χ1n) is 10.8. The minimum absolute atomic E-state index is 0.0242. The Kier molecular flexibility index (Phi) is 7.12. The zero-order valence-electron chi connectivity index (χ0n) is 18.4. The molecule has 11 heteroatoms. The van der Waals surface area contributed by atoms with Gasteiger partial charge in [-0.25, -0.2) is 26.3 Å². The Morgan fingerprint density at radius 2 is 1.94 bits per heavy atom. The summed E-state index contributed by atoms with van der Waals surface area (Å²) in [5.41, 5.74) is 0.837. The number of alkyl halides is 1. The third kappa shape index (κ3) is 6.03. The number of sulfonamides is 1. The molecule has 0 bridgehead atoms. The van der Waals surface area contributed by atoms with Gasteiger partial charge in [0.15, 0.2) is 0 Å². The number of benzene rings is 2. The molecule has 1 heterocycles. The van der Waals surface area contributed by atoms with Gasteiger partial charge in [0.05, 0.1) is 11.8 Å². The molecule has 0 unspecified atom stereocenters. The van der Waals surface area contributed by atoms with Crippen LogP contribution in [0.5, 0.6) is 5.75 Å². The fourth-order valence-corrected chi connectivity index (χ4v) is 4.72. The van der Waals surface area contributed by atoms with E-state index >= 15 is 0 Å². The summed E-state index contributed by atoms with van der Waals surface area (Å²) in [6, 6.07) is 6.42. The van der Waals surface area contributed by atoms with Crippen molar-refractivity contribution < 1.29 is 31.1 Å². The number of carbonyl (C=O) groups excluding carboxylic acids is 1. The van der Waals surface area contributed by atoms with Gasteiger partial charge in [0.25, 0.3) is 5.91 Å². The highest BCUT2D eigenvalue weighted by Crippen LogP contribution is 2.45. The topological polar surface area (TPSA) is 75.7 Å². The van der Waals surface area contributed by atoms with E-state index in [1.807, 2.05) is 4.90 Å². The van der Waals surface area contributed by atoms with E-state index in [1.54, 1.807) is 10.8 Å². The molecule has 2 aromatic rings. The van der Waals surface area contributed by atoms with E-state index in [0.717, 1.165) is 25.2 Å². The maximum Gasteiger partial charge on any atom is 0.267 e. The summed E-state index contributed by atoms with van der Waals surface area (Å²) in [5, 5.41) is 0.279. The lowest BCUT2D eigenvalue weighted by Crippen LogP contribution is -2.47. The molecular weight excluding hydrogens is 493 g/mol. The number of nitrogens with one attached hydrogen (secondary N) is 1. The highest BCUT2D eigenvalue weighted by molar-refractivity contribution is 7.89. The van der Waals surface area contributed by atoms with Gasteiger partial charge in [-0.2, -0.15) is 0 Å². The lowest BCUT2D eigenvalue weighted by molar-refractivity contribution is 0.0160. The van der Waals surface area contributed by atoms with E-state index in [4.69, 9.17) is 16.3 Å². The van der Waals surface area contributed by atoms with Crippen molar-refractivity contribution in [2.45, 2.75) is 44.0 Å². The molecule has 6 nitrogen and oxygen atoms in total. The molecule has 2 atom stereocenters. The van der Waals surface area contributed by atoms with Crippen molar-refractivity contribution in [3.63, 3.8) is 0 Å². The van der Waals surface area contributed by atoms with Crippen LogP contribution in [-0.2, 0) is 16.6 Å². The zero-order chi connectivity index (χ0) is 24.6. The fraction of sp³-hybridized carbons (Fsp3) is 0.435. The summed E-state index contributed by atoms with van der Waals surface area (Å²) in [6.07, 6.45) is 0.419. The van der Waals surface area contributed by atoms with E-state index in [2.05, 4.69) is 0 Å². The van der Waals surface area contributed by atoms with Crippen LogP contribution in [0, 0.1) is 11.6 Å². The second-order valence-electron chi connectivity index (χ2n) is 8.78. The van der Waals surface area contributed by atoms with E-state index < -0.39 is 45.4 Å². The van der Waals surface area contributed by atoms with Gasteiger partial charge >= 0.3 is 0 Å². The maximum absolute atomic E-state index is 14.8. The van der Waals surface area contributed by atoms with Gasteiger partial charge in [0.1, 0.15) is 29.7 Å². The number of nitrogens with zero attached hydrogens (tertiary/aromatic N) is 1. The Morgan fingerprint density at radius 1 is 1.21 bits per heavy atom. The highest BCUT2D eigenvalue weighted by Gasteiger charge is 2.35. The van der Waals surface area contributed by atoms with Crippen LogP contribution in [0.15, 0.2) is 30.3 Å². The average molecular weight is 517 g/mol. The lowest BCUT2D eigenvalue weighted by atomic mass is 10.0. The summed E-state index contributed by atoms with van der Waals surface area (Å²) in [7, 11) is -3.87. The number of hydrogen-bond donors (Lipinski definition) is 1. The van der Waals surface area contributed by atoms with Crippen LogP contribution in [0.1, 0.15) is 46.7 Å². The molecule has 2 aliphatic rings. The van der Waals surface area contributed by atoms with Gasteiger partial charge in [0.2, 0.25) is 10.0 Å². The normalized spacial score (nSPS) is 21.3. The molecule has 4 rings (SSSR count). The Bertz CT molecular complexity index is 1210. The predicted molar refractivity (Wildman–Crippen MR) is 121 cm³/mol. The van der Waals surface area contributed by atoms with Crippen LogP contribution >= 0.6 is 11.6 Å². The molecule has 0 aromatic heterocycles. The van der Waals surface area contributed by atoms with Crippen molar-refractivity contribution in [1.82, 2.24) is 9.62 Å². The van der Waals surface area contributed by atoms with Crippen LogP contribution in [0.2, 0.25) is 5.02 Å². The number of ether oxygens (including phenoxy) is 1. The molecule has 184 valence electrons. The van der Waals surface area contributed by atoms with E-state index in [9.17, 15) is 26.4 Å². The monoisotopic (exact) mass is 516 g/mol. The summed E-state index contributed by atoms with van der Waals surface area (Å²) < 4.78 is 73.3. The molecule has 34 heavy (non-hydrogen) atoms. The Hall–Kier alpha value is -2.30. The molecule has 0 spiro atoms. The van der Waals surface area contributed by atoms with E-state index in [0.29, 0.717) is 24.2 Å². The molecule has 1 saturated carbocycles. The van der Waals surface area contributed by atoms with Crippen LogP contribution < -0.4 is 9.46 Å². The van der Waals surface area contributed by atoms with Crippen molar-refractivity contribution in [2.75, 3.05) is 19.3 Å². The molecule has 1 aliphatic heterocycles. The lowest BCUT2D eigenvalue weighted by Gasteiger charge is -2.35. The zero-order valence-corrected chi connectivity index (χ0v) is 19.9. The quantitative estimate of drug-likeness (QED) is 0.597. The first-order valence-corrected chi connectivity index (χ1v) is 13.1. The van der Waals surface area contributed by atoms with Gasteiger partial charge in [-0.05, 0) is 54.5 Å². The summed E-state index contributed by atoms with van der Waals surface area (Å²) in [6.45, 7) is 1.03. The van der Waals surface area contributed by atoms with Crippen LogP contribution in [0.4, 0.5) is 13.2 Å². The van der Waals surface area contributed by atoms with Crippen LogP contribution in [-0.4, -0.2) is 50.8 Å². The number of likely N-dealkylation sites (tertiary alicyclic amines) is 1. The van der Waals surface area contributed by atoms with E-state index in [1.165, 1.54) is 18.2 Å². The van der Waals surface area contributed by atoms with Crippen molar-refractivity contribution in [1.29, 1.82) is 0 Å². The standard InChI is InChI=1S/C23H24ClF3N2O4S/c1-34(31,32)28-23(30)17-9-16(13-2-3-13)21(10-20(17)27)33-22-12-29(7-6-19(22)26)11-14-4-5-15(25)8-18(14)24/h4-5,8-10,13,19,22H,2-3,6-7,11-12H2,1H3,(H,28,30)/t19-,22-/m1/s1.